The second kappa shape index (κ2) is 4.86. The van der Waals surface area contributed by atoms with Crippen molar-refractivity contribution in [3.05, 3.63) is 32.7 Å². The lowest BCUT2D eigenvalue weighted by Gasteiger charge is -2.09. The highest BCUT2D eigenvalue weighted by Gasteiger charge is 2.19. The largest absolute Gasteiger partial charge is 0.332 e. The zero-order valence-corrected chi connectivity index (χ0v) is 13.6. The third kappa shape index (κ3) is 1.92. The van der Waals surface area contributed by atoms with E-state index in [4.69, 9.17) is 0 Å². The Morgan fingerprint density at radius 1 is 1.18 bits per heavy atom. The van der Waals surface area contributed by atoms with E-state index in [0.29, 0.717) is 29.4 Å². The normalized spacial score (nSPS) is 12.1. The lowest BCUT2D eigenvalue weighted by Crippen LogP contribution is -2.39. The first-order valence-electron chi connectivity index (χ1n) is 7.46. The molecule has 0 bridgehead atoms. The number of aromatic nitrogens is 5. The van der Waals surface area contributed by atoms with Gasteiger partial charge in [0.1, 0.15) is 0 Å². The summed E-state index contributed by atoms with van der Waals surface area (Å²) >= 11 is 0. The molecule has 0 aliphatic carbocycles. The Balaban J connectivity index is 2.39. The lowest BCUT2D eigenvalue weighted by molar-refractivity contribution is 0.488. The Morgan fingerprint density at radius 3 is 2.50 bits per heavy atom. The zero-order chi connectivity index (χ0) is 16.2. The predicted molar refractivity (Wildman–Crippen MR) is 85.4 cm³/mol. The summed E-state index contributed by atoms with van der Waals surface area (Å²) in [5.41, 5.74) is 1.33. The van der Waals surface area contributed by atoms with Crippen LogP contribution in [0.25, 0.3) is 16.9 Å². The van der Waals surface area contributed by atoms with Gasteiger partial charge in [-0.05, 0) is 19.3 Å². The van der Waals surface area contributed by atoms with Gasteiger partial charge in [0.15, 0.2) is 11.2 Å². The number of fused-ring (bicyclic) bond motifs is 3. The van der Waals surface area contributed by atoms with Gasteiger partial charge in [0, 0.05) is 32.5 Å². The molecule has 3 aromatic rings. The summed E-state index contributed by atoms with van der Waals surface area (Å²) in [4.78, 5) is 29.7. The average Bonchev–Trinajstić information content (AvgIpc) is 2.94. The molecule has 0 unspecified atom stereocenters. The molecule has 0 fully saturated rings. The number of imidazole rings is 2. The Labute approximate surface area is 127 Å². The molecule has 3 rings (SSSR count). The first-order valence-corrected chi connectivity index (χ1v) is 7.46. The quantitative estimate of drug-likeness (QED) is 0.726. The van der Waals surface area contributed by atoms with Crippen molar-refractivity contribution in [1.82, 2.24) is 23.1 Å². The Morgan fingerprint density at radius 2 is 1.86 bits per heavy atom. The van der Waals surface area contributed by atoms with Gasteiger partial charge >= 0.3 is 5.69 Å². The fourth-order valence-electron chi connectivity index (χ4n) is 2.70. The molecule has 0 amide bonds. The number of aryl methyl sites for hydroxylation is 3. The third-order valence-electron chi connectivity index (χ3n) is 4.23. The molecule has 22 heavy (non-hydrogen) atoms. The van der Waals surface area contributed by atoms with Crippen LogP contribution in [0, 0.1) is 12.8 Å². The van der Waals surface area contributed by atoms with E-state index in [1.54, 1.807) is 11.4 Å². The highest BCUT2D eigenvalue weighted by Crippen LogP contribution is 2.14. The van der Waals surface area contributed by atoms with E-state index >= 15 is 0 Å². The fraction of sp³-hybridized carbons (Fsp3) is 0.533. The Kier molecular flexibility index (Phi) is 3.23. The maximum Gasteiger partial charge on any atom is 0.332 e. The second-order valence-corrected chi connectivity index (χ2v) is 6.26. The molecular weight excluding hydrogens is 282 g/mol. The minimum Gasteiger partial charge on any atom is -0.317 e. The zero-order valence-electron chi connectivity index (χ0n) is 13.6. The van der Waals surface area contributed by atoms with Gasteiger partial charge in [-0.3, -0.25) is 18.3 Å². The molecule has 118 valence electrons. The van der Waals surface area contributed by atoms with E-state index in [1.165, 1.54) is 9.13 Å². The summed E-state index contributed by atoms with van der Waals surface area (Å²) in [6.07, 6.45) is 2.67. The molecule has 0 saturated carbocycles. The fourth-order valence-corrected chi connectivity index (χ4v) is 2.70. The van der Waals surface area contributed by atoms with Crippen LogP contribution >= 0.6 is 0 Å². The Hall–Kier alpha value is -2.31. The van der Waals surface area contributed by atoms with Gasteiger partial charge in [0.05, 0.1) is 0 Å². The number of hydrogen-bond acceptors (Lipinski definition) is 3. The summed E-state index contributed by atoms with van der Waals surface area (Å²) in [6.45, 7) is 6.54. The maximum atomic E-state index is 12.8. The van der Waals surface area contributed by atoms with Crippen LogP contribution in [0.1, 0.15) is 26.0 Å². The summed E-state index contributed by atoms with van der Waals surface area (Å²) in [5, 5.41) is 0. The molecule has 0 aliphatic heterocycles. The molecule has 0 N–H and O–H groups in total. The van der Waals surface area contributed by atoms with Crippen molar-refractivity contribution in [2.24, 2.45) is 20.0 Å². The smallest absolute Gasteiger partial charge is 0.317 e. The van der Waals surface area contributed by atoms with Crippen LogP contribution in [-0.4, -0.2) is 23.1 Å². The number of nitrogens with zero attached hydrogens (tertiary/aromatic N) is 5. The SMILES string of the molecule is Cc1cn2c3c(=O)n(CCC(C)C)c(=O)n(C)c3nc2n1C. The van der Waals surface area contributed by atoms with Crippen LogP contribution < -0.4 is 11.2 Å². The van der Waals surface area contributed by atoms with E-state index in [-0.39, 0.29) is 11.2 Å². The third-order valence-corrected chi connectivity index (χ3v) is 4.23. The standard InChI is InChI=1S/C15H21N5O2/c1-9(2)6-7-19-13(21)11-12(18(5)15(19)22)16-14-17(4)10(3)8-20(11)14/h8-9H,6-7H2,1-5H3. The molecule has 7 nitrogen and oxygen atoms in total. The van der Waals surface area contributed by atoms with E-state index in [1.807, 2.05) is 24.7 Å². The molecule has 3 heterocycles. The van der Waals surface area contributed by atoms with Crippen LogP contribution in [0.15, 0.2) is 15.8 Å². The molecule has 0 aliphatic rings. The van der Waals surface area contributed by atoms with Gasteiger partial charge < -0.3 is 4.57 Å². The van der Waals surface area contributed by atoms with Crippen molar-refractivity contribution in [3.63, 3.8) is 0 Å². The topological polar surface area (TPSA) is 66.2 Å². The van der Waals surface area contributed by atoms with Crippen LogP contribution in [0.4, 0.5) is 0 Å². The minimum atomic E-state index is -0.307. The van der Waals surface area contributed by atoms with Crippen molar-refractivity contribution in [2.75, 3.05) is 0 Å². The van der Waals surface area contributed by atoms with Crippen molar-refractivity contribution < 1.29 is 0 Å². The first-order chi connectivity index (χ1) is 10.3. The molecule has 7 heteroatoms. The highest BCUT2D eigenvalue weighted by molar-refractivity contribution is 5.75. The number of hydrogen-bond donors (Lipinski definition) is 0. The monoisotopic (exact) mass is 303 g/mol. The first kappa shape index (κ1) is 14.6. The maximum absolute atomic E-state index is 12.8. The van der Waals surface area contributed by atoms with E-state index in [9.17, 15) is 9.59 Å². The van der Waals surface area contributed by atoms with Crippen LogP contribution in [-0.2, 0) is 20.6 Å². The minimum absolute atomic E-state index is 0.267. The molecule has 0 spiro atoms. The summed E-state index contributed by atoms with van der Waals surface area (Å²) < 4.78 is 6.46. The van der Waals surface area contributed by atoms with E-state index < -0.39 is 0 Å². The molecule has 0 radical (unpaired) electrons. The van der Waals surface area contributed by atoms with Crippen LogP contribution in [0.3, 0.4) is 0 Å². The Bertz CT molecular complexity index is 984. The second-order valence-electron chi connectivity index (χ2n) is 6.26. The van der Waals surface area contributed by atoms with Crippen molar-refractivity contribution in [3.8, 4) is 0 Å². The molecule has 0 atom stereocenters. The van der Waals surface area contributed by atoms with Gasteiger partial charge in [-0.15, -0.1) is 0 Å². The average molecular weight is 303 g/mol. The lowest BCUT2D eigenvalue weighted by atomic mass is 10.1. The predicted octanol–water partition coefficient (Wildman–Crippen LogP) is 1.04. The molecule has 0 aromatic carbocycles. The van der Waals surface area contributed by atoms with Crippen molar-refractivity contribution in [2.45, 2.75) is 33.7 Å². The van der Waals surface area contributed by atoms with Crippen molar-refractivity contribution >= 4 is 16.9 Å². The van der Waals surface area contributed by atoms with Crippen LogP contribution in [0.2, 0.25) is 0 Å². The van der Waals surface area contributed by atoms with Gasteiger partial charge in [0.25, 0.3) is 5.56 Å². The van der Waals surface area contributed by atoms with Gasteiger partial charge in [-0.2, -0.15) is 4.98 Å². The molecular formula is C15H21N5O2. The van der Waals surface area contributed by atoms with Gasteiger partial charge in [0.2, 0.25) is 5.78 Å². The number of rotatable bonds is 3. The van der Waals surface area contributed by atoms with E-state index in [0.717, 1.165) is 12.1 Å². The van der Waals surface area contributed by atoms with Gasteiger partial charge in [-0.1, -0.05) is 13.8 Å². The summed E-state index contributed by atoms with van der Waals surface area (Å²) in [6, 6.07) is 0. The highest BCUT2D eigenvalue weighted by atomic mass is 16.2. The molecule has 3 aromatic heterocycles. The summed E-state index contributed by atoms with van der Waals surface area (Å²) in [5.74, 6) is 1.10. The van der Waals surface area contributed by atoms with Gasteiger partial charge in [-0.25, -0.2) is 4.79 Å². The molecule has 0 saturated heterocycles. The van der Waals surface area contributed by atoms with Crippen molar-refractivity contribution in [1.29, 1.82) is 0 Å². The summed E-state index contributed by atoms with van der Waals surface area (Å²) in [7, 11) is 3.56. The van der Waals surface area contributed by atoms with E-state index in [2.05, 4.69) is 18.8 Å². The van der Waals surface area contributed by atoms with Crippen LogP contribution in [0.5, 0.6) is 0 Å².